The van der Waals surface area contributed by atoms with Gasteiger partial charge in [0, 0.05) is 59.7 Å². The van der Waals surface area contributed by atoms with Crippen LogP contribution in [0.25, 0.3) is 6.08 Å². The van der Waals surface area contributed by atoms with E-state index in [1.165, 1.54) is 0 Å². The standard InChI is InChI=1S/C30H38BF2N7O7S/c1-19-15-22(11-12-27(41)37-18-28(42)38-23(29(43)44)10-5-13-36-30(34)35)39-24(19)17-26-21(9-6-14-48-47-46-45)16-25(40(26)31(39,32)33)20-7-3-2-4-8-20/h2-4,7-8,15-17,23,45H,5-6,9-14,18H2,1H3,(H,37,41)(H,38,42)(H,43,44)(H4,34,35,36)/p-1. The number of halogens is 2. The molecule has 4 rings (SSSR count). The van der Waals surface area contributed by atoms with Crippen molar-refractivity contribution in [3.63, 3.8) is 0 Å². The van der Waals surface area contributed by atoms with E-state index in [1.807, 2.05) is 0 Å². The van der Waals surface area contributed by atoms with Gasteiger partial charge >= 0.3 is 12.9 Å². The van der Waals surface area contributed by atoms with Crippen molar-refractivity contribution in [1.29, 1.82) is 0 Å². The Morgan fingerprint density at radius 3 is 2.58 bits per heavy atom. The Bertz CT molecular complexity index is 1640. The monoisotopic (exact) mass is 688 g/mol. The maximum atomic E-state index is 16.7. The number of hydrogen-bond acceptors (Lipinski definition) is 8. The molecule has 7 N–H and O–H groups in total. The Balaban J connectivity index is 1.46. The summed E-state index contributed by atoms with van der Waals surface area (Å²) in [6, 6.07) is 9.30. The Hall–Kier alpha value is -4.52. The highest BCUT2D eigenvalue weighted by Gasteiger charge is 2.54. The first-order valence-electron chi connectivity index (χ1n) is 15.2. The minimum absolute atomic E-state index is 0.0366. The minimum Gasteiger partial charge on any atom is -0.691 e. The summed E-state index contributed by atoms with van der Waals surface area (Å²) in [6.07, 6.45) is 4.62. The highest BCUT2D eigenvalue weighted by atomic mass is 32.2. The van der Waals surface area contributed by atoms with Crippen molar-refractivity contribution in [1.82, 2.24) is 15.1 Å². The topological polar surface area (TPSA) is 209 Å². The zero-order valence-electron chi connectivity index (χ0n) is 26.2. The molecular formula is C30H37BF2N7O7S-. The summed E-state index contributed by atoms with van der Waals surface area (Å²) >= 11 is 0.838. The van der Waals surface area contributed by atoms with Gasteiger partial charge in [-0.3, -0.25) is 19.6 Å². The molecule has 18 heteroatoms. The first-order chi connectivity index (χ1) is 22.9. The summed E-state index contributed by atoms with van der Waals surface area (Å²) in [4.78, 5) is 40.3. The molecule has 0 saturated carbocycles. The van der Waals surface area contributed by atoms with Gasteiger partial charge in [-0.25, -0.2) is 4.79 Å². The molecule has 0 aliphatic carbocycles. The number of aliphatic imine (C=N–C) groups is 1. The third kappa shape index (κ3) is 8.88. The number of rotatable bonds is 18. The van der Waals surface area contributed by atoms with Crippen LogP contribution in [-0.2, 0) is 30.2 Å². The van der Waals surface area contributed by atoms with Crippen LogP contribution in [0.3, 0.4) is 0 Å². The predicted octanol–water partition coefficient (Wildman–Crippen LogP) is 1.14. The van der Waals surface area contributed by atoms with Crippen LogP contribution in [0.2, 0.25) is 0 Å². The number of carbonyl (C=O) groups excluding carboxylic acids is 2. The molecule has 14 nitrogen and oxygen atoms in total. The van der Waals surface area contributed by atoms with E-state index in [4.69, 9.17) is 11.5 Å². The van der Waals surface area contributed by atoms with Gasteiger partial charge in [0.05, 0.1) is 6.54 Å². The number of aromatic nitrogens is 1. The van der Waals surface area contributed by atoms with Crippen LogP contribution in [-0.4, -0.2) is 75.4 Å². The molecule has 1 atom stereocenters. The van der Waals surface area contributed by atoms with Gasteiger partial charge in [-0.1, -0.05) is 18.2 Å². The van der Waals surface area contributed by atoms with E-state index in [9.17, 15) is 24.7 Å². The molecule has 1 aromatic carbocycles. The van der Waals surface area contributed by atoms with Crippen molar-refractivity contribution in [3.8, 4) is 0 Å². The summed E-state index contributed by atoms with van der Waals surface area (Å²) in [6.45, 7) is -2.96. The number of nitrogens with one attached hydrogen (secondary N) is 2. The smallest absolute Gasteiger partial charge is 0.691 e. The van der Waals surface area contributed by atoms with Gasteiger partial charge in [-0.15, -0.1) is 0 Å². The molecule has 2 aliphatic heterocycles. The van der Waals surface area contributed by atoms with Crippen LogP contribution < -0.4 is 27.4 Å². The van der Waals surface area contributed by atoms with Crippen LogP contribution in [0.15, 0.2) is 58.7 Å². The molecule has 2 aliphatic rings. The van der Waals surface area contributed by atoms with Gasteiger partial charge in [0.2, 0.25) is 11.8 Å². The predicted molar refractivity (Wildman–Crippen MR) is 174 cm³/mol. The van der Waals surface area contributed by atoms with Crippen LogP contribution in [0.4, 0.5) is 8.63 Å². The zero-order chi connectivity index (χ0) is 34.8. The number of allylic oxidation sites excluding steroid dienone is 2. The number of guanidine groups is 1. The lowest BCUT2D eigenvalue weighted by atomic mass is 9.88. The first-order valence-corrected chi connectivity index (χ1v) is 16.1. The van der Waals surface area contributed by atoms with Crippen molar-refractivity contribution in [3.05, 3.63) is 76.3 Å². The highest BCUT2D eigenvalue weighted by molar-refractivity contribution is 7.94. The van der Waals surface area contributed by atoms with Gasteiger partial charge < -0.3 is 50.1 Å². The summed E-state index contributed by atoms with van der Waals surface area (Å²) in [5.74, 6) is -2.24. The number of aliphatic carboxylic acids is 1. The molecule has 0 radical (unpaired) electrons. The number of benzene rings is 1. The lowest BCUT2D eigenvalue weighted by Crippen LogP contribution is -2.51. The fourth-order valence-electron chi connectivity index (χ4n) is 5.74. The average Bonchev–Trinajstić information content (AvgIpc) is 3.59. The molecule has 1 unspecified atom stereocenters. The number of carboxylic acid groups (broad SMARTS) is 1. The number of nitrogens with zero attached hydrogens (tertiary/aromatic N) is 3. The van der Waals surface area contributed by atoms with E-state index < -0.39 is 37.3 Å². The molecular weight excluding hydrogens is 651 g/mol. The Kier molecular flexibility index (Phi) is 12.5. The third-order valence-corrected chi connectivity index (χ3v) is 8.47. The molecule has 1 aromatic heterocycles. The number of carboxylic acids is 1. The lowest BCUT2D eigenvalue weighted by Gasteiger charge is -2.31. The summed E-state index contributed by atoms with van der Waals surface area (Å²) in [5.41, 5.74) is 13.7. The number of nitrogens with two attached hydrogens (primary N) is 2. The van der Waals surface area contributed by atoms with E-state index >= 15 is 8.63 Å². The first kappa shape index (κ1) is 36.3. The maximum Gasteiger partial charge on any atom is 0.737 e. The number of hydrogen-bond donors (Lipinski definition) is 5. The van der Waals surface area contributed by atoms with Gasteiger partial charge in [0.25, 0.3) is 0 Å². The van der Waals surface area contributed by atoms with Gasteiger partial charge in [0.1, 0.15) is 6.04 Å². The van der Waals surface area contributed by atoms with Crippen LogP contribution in [0, 0.1) is 6.92 Å². The van der Waals surface area contributed by atoms with E-state index in [2.05, 4.69) is 25.0 Å². The highest BCUT2D eigenvalue weighted by Crippen LogP contribution is 2.39. The van der Waals surface area contributed by atoms with Crippen molar-refractivity contribution in [2.24, 2.45) is 16.5 Å². The number of fused-ring (bicyclic) bond motifs is 2. The molecule has 258 valence electrons. The zero-order valence-corrected chi connectivity index (χ0v) is 27.0. The maximum absolute atomic E-state index is 16.7. The largest absolute Gasteiger partial charge is 0.737 e. The molecule has 2 amide bonds. The van der Waals surface area contributed by atoms with Crippen LogP contribution >= 0.6 is 12.0 Å². The Morgan fingerprint density at radius 1 is 1.15 bits per heavy atom. The molecule has 0 saturated heterocycles. The quantitative estimate of drug-likeness (QED) is 0.0287. The molecule has 0 spiro atoms. The Labute approximate surface area is 279 Å². The molecule has 2 aromatic rings. The van der Waals surface area contributed by atoms with Crippen molar-refractivity contribution in [2.75, 3.05) is 18.8 Å². The molecule has 0 bridgehead atoms. The second-order valence-electron chi connectivity index (χ2n) is 11.2. The second-order valence-corrected chi connectivity index (χ2v) is 12.0. The summed E-state index contributed by atoms with van der Waals surface area (Å²) < 4.78 is 39.8. The van der Waals surface area contributed by atoms with Crippen LogP contribution in [0.5, 0.6) is 0 Å². The lowest BCUT2D eigenvalue weighted by molar-refractivity contribution is -0.777. The summed E-state index contributed by atoms with van der Waals surface area (Å²) in [5, 5.41) is 27.6. The summed E-state index contributed by atoms with van der Waals surface area (Å²) in [7, 11) is 0. The van der Waals surface area contributed by atoms with E-state index in [-0.39, 0.29) is 37.5 Å². The van der Waals surface area contributed by atoms with E-state index in [1.54, 1.807) is 55.5 Å². The average molecular weight is 689 g/mol. The Morgan fingerprint density at radius 2 is 1.90 bits per heavy atom. The molecule has 48 heavy (non-hydrogen) atoms. The molecule has 3 heterocycles. The van der Waals surface area contributed by atoms with E-state index in [0.29, 0.717) is 58.8 Å². The van der Waals surface area contributed by atoms with Gasteiger partial charge in [-0.2, -0.15) is 4.33 Å². The second kappa shape index (κ2) is 16.5. The third-order valence-electron chi connectivity index (χ3n) is 7.86. The van der Waals surface area contributed by atoms with Gasteiger partial charge in [0.15, 0.2) is 17.4 Å². The van der Waals surface area contributed by atoms with Crippen LogP contribution in [0.1, 0.15) is 54.6 Å². The number of amides is 2. The normalized spacial score (nSPS) is 15.2. The van der Waals surface area contributed by atoms with Crippen molar-refractivity contribution >= 4 is 54.5 Å². The SMILES string of the molecule is Cc1cc(CCC(=O)NCC(=O)NC(CCCN=C(N)N)C(=O)O)n2c1C=C1C(CCCSOO[O-])=CC(c3ccccc3)=[N+]1[B-]2(F)F. The van der Waals surface area contributed by atoms with Gasteiger partial charge in [-0.05, 0) is 68.5 Å². The fourth-order valence-corrected chi connectivity index (χ4v) is 6.11. The number of carbonyl (C=O) groups is 3. The van der Waals surface area contributed by atoms with Crippen molar-refractivity contribution in [2.45, 2.75) is 51.5 Å². The fraction of sp³-hybridized carbons (Fsp3) is 0.367. The number of aryl methyl sites for hydroxylation is 2. The minimum atomic E-state index is -4.39. The van der Waals surface area contributed by atoms with E-state index in [0.717, 1.165) is 21.0 Å². The molecule has 0 fully saturated rings. The van der Waals surface area contributed by atoms with Crippen molar-refractivity contribution < 1.29 is 47.2 Å².